The molecule has 2 amide bonds. The Labute approximate surface area is 306 Å². The second-order valence-electron chi connectivity index (χ2n) is 15.3. The molecule has 4 fully saturated rings. The monoisotopic (exact) mass is 756 g/mol. The van der Waals surface area contributed by atoms with Crippen molar-refractivity contribution < 1.29 is 40.7 Å². The van der Waals surface area contributed by atoms with Crippen LogP contribution in [0.2, 0.25) is 0 Å². The summed E-state index contributed by atoms with van der Waals surface area (Å²) < 4.78 is 91.0. The van der Waals surface area contributed by atoms with E-state index in [1.807, 2.05) is 18.2 Å². The lowest BCUT2D eigenvalue weighted by Crippen LogP contribution is -2.65. The van der Waals surface area contributed by atoms with Gasteiger partial charge >= 0.3 is 6.18 Å². The molecule has 4 heterocycles. The molecule has 0 unspecified atom stereocenters. The number of rotatable bonds is 10. The third-order valence-electron chi connectivity index (χ3n) is 11.7. The third kappa shape index (κ3) is 6.75. The summed E-state index contributed by atoms with van der Waals surface area (Å²) in [5.74, 6) is -4.45. The van der Waals surface area contributed by atoms with Crippen LogP contribution in [-0.4, -0.2) is 96.9 Å². The van der Waals surface area contributed by atoms with E-state index in [2.05, 4.69) is 25.7 Å². The first-order chi connectivity index (χ1) is 25.8. The van der Waals surface area contributed by atoms with Gasteiger partial charge in [0.2, 0.25) is 17.7 Å². The van der Waals surface area contributed by atoms with E-state index in [9.17, 15) is 35.9 Å². The fourth-order valence-electron chi connectivity index (χ4n) is 8.48. The Kier molecular flexibility index (Phi) is 9.04. The van der Waals surface area contributed by atoms with Crippen molar-refractivity contribution in [2.75, 3.05) is 32.8 Å². The minimum atomic E-state index is -4.63. The summed E-state index contributed by atoms with van der Waals surface area (Å²) in [4.78, 5) is 29.9. The van der Waals surface area contributed by atoms with Crippen LogP contribution in [0.1, 0.15) is 71.5 Å². The molecule has 0 bridgehead atoms. The lowest BCUT2D eigenvalue weighted by Gasteiger charge is -2.51. The Bertz CT molecular complexity index is 2000. The number of carbonyl (C=O) groups is 2. The maximum Gasteiger partial charge on any atom is 0.403 e. The third-order valence-corrected chi connectivity index (χ3v) is 11.7. The topological polar surface area (TPSA) is 122 Å². The Morgan fingerprint density at radius 2 is 1.69 bits per heavy atom. The quantitative estimate of drug-likeness (QED) is 0.197. The van der Waals surface area contributed by atoms with E-state index in [-0.39, 0.29) is 88.6 Å². The van der Waals surface area contributed by atoms with Crippen molar-refractivity contribution >= 4 is 11.8 Å². The number of amides is 2. The largest absolute Gasteiger partial charge is 0.403 e. The zero-order chi connectivity index (χ0) is 37.9. The molecule has 8 rings (SSSR count). The van der Waals surface area contributed by atoms with Crippen LogP contribution in [0, 0.1) is 22.6 Å². The molecule has 4 aliphatic rings. The van der Waals surface area contributed by atoms with Crippen LogP contribution in [-0.2, 0) is 22.7 Å². The number of H-pyrrole nitrogens is 1. The number of alkyl halides is 5. The van der Waals surface area contributed by atoms with Crippen molar-refractivity contribution in [3.63, 3.8) is 0 Å². The number of carbonyl (C=O) groups excluding carboxylic acids is 2. The molecule has 1 spiro atoms. The molecule has 2 aliphatic heterocycles. The van der Waals surface area contributed by atoms with Gasteiger partial charge in [-0.1, -0.05) is 30.3 Å². The number of benzene rings is 2. The van der Waals surface area contributed by atoms with Crippen molar-refractivity contribution in [2.45, 2.75) is 69.7 Å². The average molecular weight is 757 g/mol. The Balaban J connectivity index is 0.996. The highest BCUT2D eigenvalue weighted by atomic mass is 19.4. The summed E-state index contributed by atoms with van der Waals surface area (Å²) in [5.41, 5.74) is 0.272. The van der Waals surface area contributed by atoms with Crippen LogP contribution < -0.4 is 0 Å². The van der Waals surface area contributed by atoms with Gasteiger partial charge in [-0.15, -0.1) is 10.2 Å². The van der Waals surface area contributed by atoms with Gasteiger partial charge in [-0.05, 0) is 65.6 Å². The maximum absolute atomic E-state index is 14.0. The molecule has 1 atom stereocenters. The Hall–Kier alpha value is -4.80. The number of halogens is 6. The number of tetrazole rings is 1. The molecule has 2 saturated carbocycles. The van der Waals surface area contributed by atoms with E-state index in [0.717, 1.165) is 11.1 Å². The minimum Gasteiger partial charge on any atom is -0.376 e. The molecule has 2 aromatic carbocycles. The molecule has 0 radical (unpaired) electrons. The highest BCUT2D eigenvalue weighted by molar-refractivity contribution is 5.94. The van der Waals surface area contributed by atoms with Crippen LogP contribution in [0.15, 0.2) is 54.9 Å². The molecular weight excluding hydrogens is 718 g/mol. The van der Waals surface area contributed by atoms with Crippen molar-refractivity contribution in [3.8, 4) is 11.4 Å². The summed E-state index contributed by atoms with van der Waals surface area (Å²) in [7, 11) is 0. The first-order valence-electron chi connectivity index (χ1n) is 18.0. The molecule has 11 nitrogen and oxygen atoms in total. The predicted molar refractivity (Wildman–Crippen MR) is 179 cm³/mol. The fourth-order valence-corrected chi connectivity index (χ4v) is 8.48. The molecule has 286 valence electrons. The standard InChI is InChI=1S/C37H38F6N8O3/c38-28-6-4-23(5-7-28)15-51-16-26(14-44-51)32(52)49-17-27(34(20-49)21-50(22-34)33(53)35(12-13-35)37(41,42)43)19-54-18-25-2-1-3-29(30(25)31-45-47-48-46-31)24-8-10-36(39,40)11-9-24/h1-7,14,16,24,27H,8-13,15,17-22H2,(H,45,46,47,48)/t27-/m0/s1. The van der Waals surface area contributed by atoms with E-state index >= 15 is 0 Å². The first kappa shape index (κ1) is 36.2. The number of aromatic amines is 1. The van der Waals surface area contributed by atoms with Gasteiger partial charge < -0.3 is 14.5 Å². The normalized spacial score (nSPS) is 21.7. The second-order valence-corrected chi connectivity index (χ2v) is 15.3. The molecule has 2 aromatic heterocycles. The van der Waals surface area contributed by atoms with Crippen LogP contribution in [0.5, 0.6) is 0 Å². The molecular formula is C37H38F6N8O3. The van der Waals surface area contributed by atoms with Crippen molar-refractivity contribution in [2.24, 2.45) is 16.7 Å². The van der Waals surface area contributed by atoms with Gasteiger partial charge in [0.25, 0.3) is 5.91 Å². The lowest BCUT2D eigenvalue weighted by atomic mass is 9.71. The van der Waals surface area contributed by atoms with Gasteiger partial charge in [0, 0.05) is 62.1 Å². The zero-order valence-corrected chi connectivity index (χ0v) is 29.2. The van der Waals surface area contributed by atoms with E-state index in [1.165, 1.54) is 23.2 Å². The Morgan fingerprint density at radius 3 is 2.35 bits per heavy atom. The number of nitrogens with zero attached hydrogens (tertiary/aromatic N) is 7. The number of hydrogen-bond donors (Lipinski definition) is 1. The Morgan fingerprint density at radius 1 is 0.963 bits per heavy atom. The summed E-state index contributed by atoms with van der Waals surface area (Å²) in [6.07, 6.45) is -1.91. The molecule has 54 heavy (non-hydrogen) atoms. The van der Waals surface area contributed by atoms with Crippen molar-refractivity contribution in [1.29, 1.82) is 0 Å². The van der Waals surface area contributed by atoms with Crippen molar-refractivity contribution in [1.82, 2.24) is 40.2 Å². The summed E-state index contributed by atoms with van der Waals surface area (Å²) in [5, 5.41) is 18.8. The maximum atomic E-state index is 14.0. The predicted octanol–water partition coefficient (Wildman–Crippen LogP) is 6.00. The molecule has 1 N–H and O–H groups in total. The summed E-state index contributed by atoms with van der Waals surface area (Å²) >= 11 is 0. The van der Waals surface area contributed by atoms with E-state index < -0.39 is 28.8 Å². The van der Waals surface area contributed by atoms with E-state index in [4.69, 9.17) is 4.74 Å². The van der Waals surface area contributed by atoms with Gasteiger partial charge in [-0.3, -0.25) is 14.3 Å². The molecule has 4 aromatic rings. The molecule has 17 heteroatoms. The second kappa shape index (κ2) is 13.5. The first-order valence-corrected chi connectivity index (χ1v) is 18.0. The van der Waals surface area contributed by atoms with E-state index in [1.54, 1.807) is 27.9 Å². The molecule has 2 saturated heterocycles. The van der Waals surface area contributed by atoms with Gasteiger partial charge in [0.05, 0.1) is 31.5 Å². The fraction of sp³-hybridized carbons (Fsp3) is 0.514. The van der Waals surface area contributed by atoms with Gasteiger partial charge in [0.1, 0.15) is 11.2 Å². The van der Waals surface area contributed by atoms with Gasteiger partial charge in [-0.25, -0.2) is 13.2 Å². The zero-order valence-electron chi connectivity index (χ0n) is 29.2. The number of hydrogen-bond acceptors (Lipinski definition) is 7. The molecule has 2 aliphatic carbocycles. The van der Waals surface area contributed by atoms with E-state index in [0.29, 0.717) is 41.9 Å². The van der Waals surface area contributed by atoms with Crippen molar-refractivity contribution in [3.05, 3.63) is 82.9 Å². The van der Waals surface area contributed by atoms with Crippen LogP contribution in [0.3, 0.4) is 0 Å². The number of likely N-dealkylation sites (tertiary alicyclic amines) is 2. The summed E-state index contributed by atoms with van der Waals surface area (Å²) in [6.45, 7) is 1.08. The average Bonchev–Trinajstić information content (AvgIpc) is 3.41. The lowest BCUT2D eigenvalue weighted by molar-refractivity contribution is -0.205. The number of aromatic nitrogens is 6. The van der Waals surface area contributed by atoms with Crippen LogP contribution in [0.25, 0.3) is 11.4 Å². The minimum absolute atomic E-state index is 0.0568. The van der Waals surface area contributed by atoms with Crippen LogP contribution in [0.4, 0.5) is 26.3 Å². The summed E-state index contributed by atoms with van der Waals surface area (Å²) in [6, 6.07) is 11.5. The highest BCUT2D eigenvalue weighted by Crippen LogP contribution is 2.60. The van der Waals surface area contributed by atoms with Gasteiger partial charge in [-0.2, -0.15) is 23.5 Å². The van der Waals surface area contributed by atoms with Crippen LogP contribution >= 0.6 is 0 Å². The SMILES string of the molecule is O=C(c1cnn(Cc2ccc(F)cc2)c1)N1C[C@@H](COCc2cccc(C3CCC(F)(F)CC3)c2-c2nn[nH]n2)C2(C1)CN(C(=O)C1(C(F)(F)F)CC1)C2. The number of ether oxygens (including phenoxy) is 1. The smallest absolute Gasteiger partial charge is 0.376 e. The highest BCUT2D eigenvalue weighted by Gasteiger charge is 2.71. The number of nitrogens with one attached hydrogen (secondary N) is 1. The van der Waals surface area contributed by atoms with Gasteiger partial charge in [0.15, 0.2) is 0 Å².